The number of hydrogen-bond donors (Lipinski definition) is 3. The molecular weight excluding hydrogens is 472 g/mol. The van der Waals surface area contributed by atoms with Crippen LogP contribution in [0.2, 0.25) is 0 Å². The van der Waals surface area contributed by atoms with Gasteiger partial charge in [-0.3, -0.25) is 9.69 Å². The Morgan fingerprint density at radius 2 is 1.66 bits per heavy atom. The van der Waals surface area contributed by atoms with E-state index in [1.54, 1.807) is 0 Å². The Morgan fingerprint density at radius 1 is 0.947 bits per heavy atom. The number of hydrogen-bond acceptors (Lipinski definition) is 6. The number of nitrogens with zero attached hydrogens (tertiary/aromatic N) is 1. The molecule has 38 heavy (non-hydrogen) atoms. The van der Waals surface area contributed by atoms with Crippen molar-refractivity contribution in [2.45, 2.75) is 117 Å². The fraction of sp³-hybridized carbons (Fsp3) is 0.969. The molecule has 4 fully saturated rings. The molecule has 0 aromatic rings. The second-order valence-corrected chi connectivity index (χ2v) is 14.3. The second-order valence-electron chi connectivity index (χ2n) is 14.3. The number of nitrogens with two attached hydrogens (primary N) is 2. The largest absolute Gasteiger partial charge is 0.463 e. The van der Waals surface area contributed by atoms with E-state index in [-0.39, 0.29) is 12.1 Å². The van der Waals surface area contributed by atoms with E-state index in [0.717, 1.165) is 62.2 Å². The minimum absolute atomic E-state index is 0.00141. The number of fused-ring (bicyclic) bond motifs is 5. The summed E-state index contributed by atoms with van der Waals surface area (Å²) in [4.78, 5) is 14.5. The van der Waals surface area contributed by atoms with Gasteiger partial charge < -0.3 is 21.5 Å². The summed E-state index contributed by atoms with van der Waals surface area (Å²) in [6.45, 7) is 14.6. The van der Waals surface area contributed by atoms with Crippen molar-refractivity contribution in [2.75, 3.05) is 39.3 Å². The van der Waals surface area contributed by atoms with E-state index in [2.05, 4.69) is 24.1 Å². The van der Waals surface area contributed by atoms with Gasteiger partial charge in [-0.1, -0.05) is 13.8 Å². The van der Waals surface area contributed by atoms with Crippen LogP contribution in [0.1, 0.15) is 105 Å². The van der Waals surface area contributed by atoms with Crippen molar-refractivity contribution in [1.29, 1.82) is 0 Å². The number of rotatable bonds is 13. The Labute approximate surface area is 233 Å². The van der Waals surface area contributed by atoms with Crippen molar-refractivity contribution < 1.29 is 9.53 Å². The van der Waals surface area contributed by atoms with Gasteiger partial charge in [0.1, 0.15) is 0 Å². The highest BCUT2D eigenvalue weighted by Gasteiger charge is 2.59. The van der Waals surface area contributed by atoms with Crippen LogP contribution >= 0.6 is 0 Å². The number of ether oxygens (including phenoxy) is 1. The SMILES string of the molecule is CC(C)OC(=O)CCC[C@H]1CCC2C3CCC4C[C@@H](NCCN(CCN)CCN)CC[C@]4(C)C3CC[C@@]21C. The second kappa shape index (κ2) is 13.3. The van der Waals surface area contributed by atoms with Gasteiger partial charge in [-0.05, 0) is 125 Å². The van der Waals surface area contributed by atoms with Crippen LogP contribution in [0.4, 0.5) is 0 Å². The zero-order chi connectivity index (χ0) is 27.3. The number of carbonyl (C=O) groups excluding carboxylic acids is 1. The van der Waals surface area contributed by atoms with Crippen LogP contribution in [-0.4, -0.2) is 62.3 Å². The van der Waals surface area contributed by atoms with E-state index < -0.39 is 0 Å². The van der Waals surface area contributed by atoms with Gasteiger partial charge in [0.2, 0.25) is 0 Å². The maximum Gasteiger partial charge on any atom is 0.306 e. The Morgan fingerprint density at radius 3 is 2.37 bits per heavy atom. The normalized spacial score (nSPS) is 38.6. The summed E-state index contributed by atoms with van der Waals surface area (Å²) in [6, 6.07) is 0.675. The van der Waals surface area contributed by atoms with Crippen molar-refractivity contribution in [3.05, 3.63) is 0 Å². The minimum atomic E-state index is -0.0109. The van der Waals surface area contributed by atoms with Crippen molar-refractivity contribution in [1.82, 2.24) is 10.2 Å². The minimum Gasteiger partial charge on any atom is -0.463 e. The molecule has 0 saturated heterocycles. The maximum atomic E-state index is 12.1. The molecule has 220 valence electrons. The van der Waals surface area contributed by atoms with Gasteiger partial charge >= 0.3 is 5.97 Å². The van der Waals surface area contributed by atoms with Crippen molar-refractivity contribution >= 4 is 5.97 Å². The zero-order valence-electron chi connectivity index (χ0n) is 25.2. The Kier molecular flexibility index (Phi) is 10.6. The quantitative estimate of drug-likeness (QED) is 0.291. The Hall–Kier alpha value is -0.690. The third kappa shape index (κ3) is 6.61. The highest BCUT2D eigenvalue weighted by Crippen LogP contribution is 2.67. The molecule has 4 rings (SSSR count). The first-order valence-electron chi connectivity index (χ1n) is 16.3. The highest BCUT2D eigenvalue weighted by atomic mass is 16.5. The van der Waals surface area contributed by atoms with Gasteiger partial charge in [0, 0.05) is 51.7 Å². The van der Waals surface area contributed by atoms with Gasteiger partial charge in [-0.2, -0.15) is 0 Å². The molecule has 4 aliphatic carbocycles. The molecule has 6 nitrogen and oxygen atoms in total. The van der Waals surface area contributed by atoms with E-state index in [4.69, 9.17) is 16.2 Å². The summed E-state index contributed by atoms with van der Waals surface area (Å²) in [5, 5.41) is 3.92. The van der Waals surface area contributed by atoms with Crippen LogP contribution < -0.4 is 16.8 Å². The van der Waals surface area contributed by atoms with E-state index in [9.17, 15) is 4.79 Å². The van der Waals surface area contributed by atoms with Crippen LogP contribution in [0.15, 0.2) is 0 Å². The van der Waals surface area contributed by atoms with Gasteiger partial charge in [0.25, 0.3) is 0 Å². The van der Waals surface area contributed by atoms with Crippen molar-refractivity contribution in [2.24, 2.45) is 51.9 Å². The molecule has 0 heterocycles. The molecule has 4 saturated carbocycles. The number of nitrogens with one attached hydrogen (secondary N) is 1. The van der Waals surface area contributed by atoms with Gasteiger partial charge in [0.15, 0.2) is 0 Å². The topological polar surface area (TPSA) is 93.6 Å². The predicted molar refractivity (Wildman–Crippen MR) is 157 cm³/mol. The lowest BCUT2D eigenvalue weighted by molar-refractivity contribution is -0.147. The molecule has 5 N–H and O–H groups in total. The molecule has 0 amide bonds. The molecule has 0 aliphatic heterocycles. The lowest BCUT2D eigenvalue weighted by Gasteiger charge is -2.61. The summed E-state index contributed by atoms with van der Waals surface area (Å²) in [6.07, 6.45) is 15.4. The summed E-state index contributed by atoms with van der Waals surface area (Å²) in [5.74, 6) is 4.42. The van der Waals surface area contributed by atoms with Gasteiger partial charge in [-0.25, -0.2) is 0 Å². The molecule has 0 radical (unpaired) electrons. The predicted octanol–water partition coefficient (Wildman–Crippen LogP) is 4.94. The van der Waals surface area contributed by atoms with E-state index in [1.165, 1.54) is 64.2 Å². The first-order chi connectivity index (χ1) is 18.2. The summed E-state index contributed by atoms with van der Waals surface area (Å²) in [7, 11) is 0. The van der Waals surface area contributed by atoms with Gasteiger partial charge in [-0.15, -0.1) is 0 Å². The molecule has 4 aliphatic rings. The van der Waals surface area contributed by atoms with E-state index in [0.29, 0.717) is 36.4 Å². The van der Waals surface area contributed by atoms with Crippen molar-refractivity contribution in [3.63, 3.8) is 0 Å². The lowest BCUT2D eigenvalue weighted by atomic mass is 9.44. The molecule has 0 aromatic heterocycles. The van der Waals surface area contributed by atoms with Crippen LogP contribution in [0.3, 0.4) is 0 Å². The molecule has 0 bridgehead atoms. The zero-order valence-corrected chi connectivity index (χ0v) is 25.2. The standard InChI is InChI=1S/C32H60N4O2/c1-23(2)38-30(37)7-5-6-24-9-11-28-27-10-8-25-22-26(35-18-21-36(19-16-33)20-17-34)12-14-32(25,4)29(27)13-15-31(24,28)3/h23-29,35H,5-22,33-34H2,1-4H3/t24-,25?,26-,27?,28?,29?,31+,32-/m0/s1. The lowest BCUT2D eigenvalue weighted by Crippen LogP contribution is -2.55. The van der Waals surface area contributed by atoms with Crippen LogP contribution in [-0.2, 0) is 9.53 Å². The van der Waals surface area contributed by atoms with E-state index >= 15 is 0 Å². The fourth-order valence-electron chi connectivity index (χ4n) is 9.97. The molecule has 8 atom stereocenters. The molecule has 6 heteroatoms. The fourth-order valence-corrected chi connectivity index (χ4v) is 9.97. The molecule has 4 unspecified atom stereocenters. The van der Waals surface area contributed by atoms with Gasteiger partial charge in [0.05, 0.1) is 6.10 Å². The van der Waals surface area contributed by atoms with Crippen LogP contribution in [0, 0.1) is 40.4 Å². The smallest absolute Gasteiger partial charge is 0.306 e. The number of esters is 1. The summed E-state index contributed by atoms with van der Waals surface area (Å²) < 4.78 is 5.38. The summed E-state index contributed by atoms with van der Waals surface area (Å²) >= 11 is 0. The Bertz CT molecular complexity index is 756. The average Bonchev–Trinajstić information content (AvgIpc) is 3.20. The maximum absolute atomic E-state index is 12.1. The molecule has 0 spiro atoms. The monoisotopic (exact) mass is 532 g/mol. The molecular formula is C32H60N4O2. The third-order valence-electron chi connectivity index (χ3n) is 11.9. The third-order valence-corrected chi connectivity index (χ3v) is 11.9. The number of carbonyl (C=O) groups is 1. The summed E-state index contributed by atoms with van der Waals surface area (Å²) in [5.41, 5.74) is 12.6. The van der Waals surface area contributed by atoms with E-state index in [1.807, 2.05) is 13.8 Å². The van der Waals surface area contributed by atoms with Crippen LogP contribution in [0.5, 0.6) is 0 Å². The molecule has 0 aromatic carbocycles. The average molecular weight is 533 g/mol. The van der Waals surface area contributed by atoms with Crippen LogP contribution in [0.25, 0.3) is 0 Å². The first-order valence-corrected chi connectivity index (χ1v) is 16.3. The van der Waals surface area contributed by atoms with Crippen molar-refractivity contribution in [3.8, 4) is 0 Å². The first kappa shape index (κ1) is 30.3. The highest BCUT2D eigenvalue weighted by molar-refractivity contribution is 5.69. The Balaban J connectivity index is 1.28.